The molecular weight excluding hydrogens is 715 g/mol. The van der Waals surface area contributed by atoms with Crippen molar-refractivity contribution in [3.05, 3.63) is 188 Å². The lowest BCUT2D eigenvalue weighted by Crippen LogP contribution is -2.02. The summed E-state index contributed by atoms with van der Waals surface area (Å²) in [5.74, 6) is 0. The van der Waals surface area contributed by atoms with Gasteiger partial charge in [0.25, 0.3) is 0 Å². The van der Waals surface area contributed by atoms with E-state index in [4.69, 9.17) is 4.98 Å². The first-order chi connectivity index (χ1) is 28.3. The number of rotatable bonds is 4. The molecule has 0 spiro atoms. The molecule has 5 nitrogen and oxygen atoms in total. The largest absolute Gasteiger partial charge is 0.295 e. The van der Waals surface area contributed by atoms with Crippen molar-refractivity contribution in [2.24, 2.45) is 0 Å². The van der Waals surface area contributed by atoms with Crippen LogP contribution in [0.25, 0.3) is 109 Å². The highest BCUT2D eigenvalue weighted by Gasteiger charge is 2.24. The molecule has 266 valence electrons. The van der Waals surface area contributed by atoms with Crippen LogP contribution in [0.4, 0.5) is 0 Å². The fourth-order valence-electron chi connectivity index (χ4n) is 9.49. The topological polar surface area (TPSA) is 32.6 Å². The quantitative estimate of drug-likeness (QED) is 0.177. The first kappa shape index (κ1) is 30.9. The van der Waals surface area contributed by atoms with Gasteiger partial charge >= 0.3 is 0 Å². The first-order valence-electron chi connectivity index (χ1n) is 19.3. The molecule has 0 aliphatic heterocycles. The van der Waals surface area contributed by atoms with Gasteiger partial charge in [0.1, 0.15) is 16.1 Å². The number of hydrogen-bond donors (Lipinski definition) is 0. The zero-order chi connectivity index (χ0) is 37.2. The molecule has 0 amide bonds. The molecule has 6 heteroatoms. The van der Waals surface area contributed by atoms with Crippen molar-refractivity contribution < 1.29 is 0 Å². The SMILES string of the molecule is c1ccc(-n2c3ccccc3c3c4ccccc4n(-c4ccc5sc6ncc(-n7c8ccccc8c8c9ccccc9n(-c9ccccc9)c87)cc6c5c4)c32)cc1. The highest BCUT2D eigenvalue weighted by atomic mass is 32.1. The van der Waals surface area contributed by atoms with Crippen LogP contribution >= 0.6 is 11.3 Å². The third-order valence-corrected chi connectivity index (χ3v) is 12.9. The molecule has 6 aromatic heterocycles. The molecule has 7 aromatic carbocycles. The molecule has 0 aliphatic carbocycles. The number of benzene rings is 7. The minimum absolute atomic E-state index is 1.03. The van der Waals surface area contributed by atoms with Crippen LogP contribution in [0.2, 0.25) is 0 Å². The molecular formula is C51H31N5S. The maximum absolute atomic E-state index is 5.20. The Morgan fingerprint density at radius 1 is 0.333 bits per heavy atom. The standard InChI is InChI=1S/C51H31N5S/c1-3-15-32(16-4-1)53-42-23-11-7-19-36(42)47-38-21-9-13-25-44(38)55(50(47)53)34-27-28-46-40(29-34)41-30-35(31-52-49(41)57-46)56-45-26-14-10-22-39(45)48-37-20-8-12-24-43(37)54(51(48)56)33-17-5-2-6-18-33/h1-31H. The van der Waals surface area contributed by atoms with E-state index in [1.54, 1.807) is 11.3 Å². The monoisotopic (exact) mass is 745 g/mol. The second kappa shape index (κ2) is 11.6. The lowest BCUT2D eigenvalue weighted by atomic mass is 10.1. The van der Waals surface area contributed by atoms with E-state index in [1.165, 1.54) is 59.0 Å². The Bertz CT molecular complexity index is 3500. The van der Waals surface area contributed by atoms with Crippen molar-refractivity contribution in [3.8, 4) is 22.7 Å². The smallest absolute Gasteiger partial charge is 0.131 e. The zero-order valence-electron chi connectivity index (χ0n) is 30.5. The minimum atomic E-state index is 1.03. The Hall–Kier alpha value is -7.41. The van der Waals surface area contributed by atoms with E-state index in [2.05, 4.69) is 206 Å². The van der Waals surface area contributed by atoms with Crippen LogP contribution in [0.5, 0.6) is 0 Å². The number of nitrogens with zero attached hydrogens (tertiary/aromatic N) is 5. The molecule has 0 atom stereocenters. The van der Waals surface area contributed by atoms with Gasteiger partial charge in [-0.25, -0.2) is 4.98 Å². The second-order valence-electron chi connectivity index (χ2n) is 14.8. The number of pyridine rings is 1. The average molecular weight is 746 g/mol. The number of thiophene rings is 1. The minimum Gasteiger partial charge on any atom is -0.295 e. The molecule has 0 bridgehead atoms. The molecule has 0 fully saturated rings. The normalized spacial score (nSPS) is 12.2. The van der Waals surface area contributed by atoms with Gasteiger partial charge in [-0.1, -0.05) is 109 Å². The van der Waals surface area contributed by atoms with Crippen LogP contribution in [-0.4, -0.2) is 23.3 Å². The molecule has 0 radical (unpaired) electrons. The lowest BCUT2D eigenvalue weighted by Gasteiger charge is -2.13. The molecule has 6 heterocycles. The number of hydrogen-bond acceptors (Lipinski definition) is 2. The van der Waals surface area contributed by atoms with Crippen LogP contribution in [0.1, 0.15) is 0 Å². The maximum Gasteiger partial charge on any atom is 0.131 e. The van der Waals surface area contributed by atoms with E-state index in [0.29, 0.717) is 0 Å². The van der Waals surface area contributed by atoms with Gasteiger partial charge in [-0.2, -0.15) is 0 Å². The van der Waals surface area contributed by atoms with Crippen molar-refractivity contribution in [3.63, 3.8) is 0 Å². The Morgan fingerprint density at radius 2 is 0.737 bits per heavy atom. The van der Waals surface area contributed by atoms with E-state index in [1.807, 2.05) is 0 Å². The molecule has 57 heavy (non-hydrogen) atoms. The fourth-order valence-corrected chi connectivity index (χ4v) is 10.5. The van der Waals surface area contributed by atoms with Crippen molar-refractivity contribution in [2.45, 2.75) is 0 Å². The summed E-state index contributed by atoms with van der Waals surface area (Å²) in [6, 6.07) is 65.9. The van der Waals surface area contributed by atoms with Gasteiger partial charge in [0.15, 0.2) is 0 Å². The van der Waals surface area contributed by atoms with E-state index in [9.17, 15) is 0 Å². The molecule has 0 unspecified atom stereocenters. The van der Waals surface area contributed by atoms with Crippen molar-refractivity contribution in [1.29, 1.82) is 0 Å². The predicted molar refractivity (Wildman–Crippen MR) is 239 cm³/mol. The van der Waals surface area contributed by atoms with Gasteiger partial charge in [-0.05, 0) is 72.8 Å². The van der Waals surface area contributed by atoms with Gasteiger partial charge in [-0.3, -0.25) is 18.3 Å². The summed E-state index contributed by atoms with van der Waals surface area (Å²) in [5, 5.41) is 9.83. The van der Waals surface area contributed by atoms with Gasteiger partial charge < -0.3 is 0 Å². The number of para-hydroxylation sites is 6. The van der Waals surface area contributed by atoms with Crippen molar-refractivity contribution in [2.75, 3.05) is 0 Å². The summed E-state index contributed by atoms with van der Waals surface area (Å²) < 4.78 is 10.9. The Labute approximate surface area is 330 Å². The van der Waals surface area contributed by atoms with Gasteiger partial charge in [0.05, 0.1) is 34.0 Å². The van der Waals surface area contributed by atoms with Crippen LogP contribution in [0.3, 0.4) is 0 Å². The van der Waals surface area contributed by atoms with Crippen LogP contribution in [0.15, 0.2) is 188 Å². The Kier molecular flexibility index (Phi) is 6.26. The van der Waals surface area contributed by atoms with Crippen LogP contribution in [-0.2, 0) is 0 Å². The number of aromatic nitrogens is 5. The third-order valence-electron chi connectivity index (χ3n) is 11.8. The molecule has 0 saturated carbocycles. The number of fused-ring (bicyclic) bond motifs is 13. The average Bonchev–Trinajstić information content (AvgIpc) is 4.06. The second-order valence-corrected chi connectivity index (χ2v) is 15.8. The lowest BCUT2D eigenvalue weighted by molar-refractivity contribution is 1.06. The highest BCUT2D eigenvalue weighted by Crippen LogP contribution is 2.44. The summed E-state index contributed by atoms with van der Waals surface area (Å²) in [4.78, 5) is 6.23. The molecule has 0 aliphatic rings. The Balaban J connectivity index is 1.10. The highest BCUT2D eigenvalue weighted by molar-refractivity contribution is 7.25. The fraction of sp³-hybridized carbons (Fsp3) is 0. The van der Waals surface area contributed by atoms with Crippen molar-refractivity contribution >= 4 is 97.3 Å². The third kappa shape index (κ3) is 4.19. The zero-order valence-corrected chi connectivity index (χ0v) is 31.4. The summed E-state index contributed by atoms with van der Waals surface area (Å²) in [6.07, 6.45) is 2.05. The Morgan fingerprint density at radius 3 is 1.23 bits per heavy atom. The molecule has 0 saturated heterocycles. The van der Waals surface area contributed by atoms with Crippen LogP contribution < -0.4 is 0 Å². The van der Waals surface area contributed by atoms with Gasteiger partial charge in [0.2, 0.25) is 0 Å². The summed E-state index contributed by atoms with van der Waals surface area (Å²) >= 11 is 1.76. The van der Waals surface area contributed by atoms with E-state index >= 15 is 0 Å². The van der Waals surface area contributed by atoms with E-state index in [0.717, 1.165) is 49.8 Å². The maximum atomic E-state index is 5.20. The van der Waals surface area contributed by atoms with E-state index in [-0.39, 0.29) is 0 Å². The molecule has 0 N–H and O–H groups in total. The first-order valence-corrected chi connectivity index (χ1v) is 20.1. The molecule has 13 rings (SSSR count). The van der Waals surface area contributed by atoms with Crippen LogP contribution in [0, 0.1) is 0 Å². The summed E-state index contributed by atoms with van der Waals surface area (Å²) in [5.41, 5.74) is 11.5. The van der Waals surface area contributed by atoms with Gasteiger partial charge in [-0.15, -0.1) is 11.3 Å². The summed E-state index contributed by atoms with van der Waals surface area (Å²) in [6.45, 7) is 0. The predicted octanol–water partition coefficient (Wildman–Crippen LogP) is 13.5. The summed E-state index contributed by atoms with van der Waals surface area (Å²) in [7, 11) is 0. The molecule has 13 aromatic rings. The van der Waals surface area contributed by atoms with E-state index < -0.39 is 0 Å². The van der Waals surface area contributed by atoms with Gasteiger partial charge in [0, 0.05) is 64.9 Å². The van der Waals surface area contributed by atoms with Crippen molar-refractivity contribution in [1.82, 2.24) is 23.3 Å².